The molecule has 7 heteroatoms. The van der Waals surface area contributed by atoms with E-state index in [0.717, 1.165) is 41.5 Å². The summed E-state index contributed by atoms with van der Waals surface area (Å²) >= 11 is 0. The monoisotopic (exact) mass is 637 g/mol. The van der Waals surface area contributed by atoms with E-state index < -0.39 is 5.97 Å². The number of carbonyl (C=O) groups is 1. The second-order valence-electron chi connectivity index (χ2n) is 12.2. The van der Waals surface area contributed by atoms with Gasteiger partial charge in [-0.15, -0.1) is 0 Å². The summed E-state index contributed by atoms with van der Waals surface area (Å²) in [5.74, 6) is 1.41. The quantitative estimate of drug-likeness (QED) is 0.0547. The highest BCUT2D eigenvalue weighted by Gasteiger charge is 2.16. The zero-order valence-electron chi connectivity index (χ0n) is 27.8. The molecule has 0 aliphatic heterocycles. The van der Waals surface area contributed by atoms with E-state index in [9.17, 15) is 9.90 Å². The highest BCUT2D eigenvalue weighted by molar-refractivity contribution is 5.96. The number of oxazole rings is 1. The molecular weight excluding hydrogens is 590 g/mol. The van der Waals surface area contributed by atoms with Crippen molar-refractivity contribution in [2.45, 2.75) is 90.9 Å². The predicted molar refractivity (Wildman–Crippen MR) is 188 cm³/mol. The molecule has 0 aliphatic rings. The van der Waals surface area contributed by atoms with Gasteiger partial charge in [0.25, 0.3) is 0 Å². The van der Waals surface area contributed by atoms with Crippen molar-refractivity contribution in [2.75, 3.05) is 13.2 Å². The van der Waals surface area contributed by atoms with Crippen LogP contribution in [0.4, 0.5) is 0 Å². The second-order valence-corrected chi connectivity index (χ2v) is 12.2. The van der Waals surface area contributed by atoms with Crippen molar-refractivity contribution in [1.29, 1.82) is 0 Å². The molecule has 47 heavy (non-hydrogen) atoms. The lowest BCUT2D eigenvalue weighted by Gasteiger charge is -2.09. The summed E-state index contributed by atoms with van der Waals surface area (Å²) < 4.78 is 23.3. The second kappa shape index (κ2) is 17.4. The summed E-state index contributed by atoms with van der Waals surface area (Å²) in [5.41, 5.74) is 2.05. The third-order valence-corrected chi connectivity index (χ3v) is 8.35. The van der Waals surface area contributed by atoms with Crippen molar-refractivity contribution in [3.8, 4) is 34.5 Å². The van der Waals surface area contributed by atoms with Crippen LogP contribution in [-0.4, -0.2) is 29.3 Å². The molecule has 0 saturated heterocycles. The number of esters is 1. The van der Waals surface area contributed by atoms with Crippen LogP contribution in [0.2, 0.25) is 0 Å². The van der Waals surface area contributed by atoms with Gasteiger partial charge in [0.2, 0.25) is 5.89 Å². The smallest absolute Gasteiger partial charge is 0.343 e. The summed E-state index contributed by atoms with van der Waals surface area (Å²) in [6.45, 7) is 5.73. The van der Waals surface area contributed by atoms with E-state index in [1.54, 1.807) is 24.3 Å². The van der Waals surface area contributed by atoms with Crippen LogP contribution in [0.15, 0.2) is 77.2 Å². The van der Waals surface area contributed by atoms with E-state index in [2.05, 4.69) is 18.8 Å². The Morgan fingerprint density at radius 2 is 1.28 bits per heavy atom. The molecule has 7 nitrogen and oxygen atoms in total. The van der Waals surface area contributed by atoms with Gasteiger partial charge >= 0.3 is 5.97 Å². The van der Waals surface area contributed by atoms with Crippen molar-refractivity contribution >= 4 is 27.8 Å². The zero-order chi connectivity index (χ0) is 32.8. The lowest BCUT2D eigenvalue weighted by Crippen LogP contribution is -2.08. The molecular formula is C40H47NO6. The number of benzene rings is 4. The average Bonchev–Trinajstić information content (AvgIpc) is 3.50. The van der Waals surface area contributed by atoms with Gasteiger partial charge in [0.05, 0.1) is 24.3 Å². The van der Waals surface area contributed by atoms with Crippen LogP contribution >= 0.6 is 0 Å². The van der Waals surface area contributed by atoms with Crippen molar-refractivity contribution in [3.63, 3.8) is 0 Å². The molecule has 0 unspecified atom stereocenters. The third-order valence-electron chi connectivity index (χ3n) is 8.35. The Bertz CT molecular complexity index is 1740. The highest BCUT2D eigenvalue weighted by Crippen LogP contribution is 2.35. The van der Waals surface area contributed by atoms with Gasteiger partial charge in [-0.1, -0.05) is 90.2 Å². The molecule has 1 heterocycles. The number of aromatic nitrogens is 1. The molecule has 0 aliphatic carbocycles. The van der Waals surface area contributed by atoms with Gasteiger partial charge in [-0.05, 0) is 72.1 Å². The fourth-order valence-corrected chi connectivity index (χ4v) is 5.59. The van der Waals surface area contributed by atoms with Crippen LogP contribution in [0.25, 0.3) is 33.3 Å². The number of hydrogen-bond acceptors (Lipinski definition) is 7. The summed E-state index contributed by atoms with van der Waals surface area (Å²) in [6, 6.07) is 21.4. The van der Waals surface area contributed by atoms with Gasteiger partial charge in [0.15, 0.2) is 5.58 Å². The maximum atomic E-state index is 12.9. The van der Waals surface area contributed by atoms with Crippen molar-refractivity contribution in [2.24, 2.45) is 0 Å². The first-order valence-corrected chi connectivity index (χ1v) is 17.3. The fraction of sp³-hybridized carbons (Fsp3) is 0.400. The highest BCUT2D eigenvalue weighted by atomic mass is 16.5. The van der Waals surface area contributed by atoms with Crippen LogP contribution in [0, 0.1) is 0 Å². The molecule has 0 amide bonds. The molecule has 1 aromatic heterocycles. The Labute approximate surface area is 277 Å². The Hall–Kier alpha value is -4.52. The maximum Gasteiger partial charge on any atom is 0.343 e. The molecule has 5 aromatic rings. The molecule has 0 atom stereocenters. The Morgan fingerprint density at radius 3 is 2.02 bits per heavy atom. The number of nitrogens with zero attached hydrogens (tertiary/aromatic N) is 1. The van der Waals surface area contributed by atoms with E-state index in [4.69, 9.17) is 18.6 Å². The number of hydrogen-bond donors (Lipinski definition) is 1. The normalized spacial score (nSPS) is 11.3. The lowest BCUT2D eigenvalue weighted by molar-refractivity contribution is 0.0734. The predicted octanol–water partition coefficient (Wildman–Crippen LogP) is 11.1. The van der Waals surface area contributed by atoms with Gasteiger partial charge in [-0.3, -0.25) is 0 Å². The molecule has 4 aromatic carbocycles. The lowest BCUT2D eigenvalue weighted by atomic mass is 10.1. The Kier molecular flexibility index (Phi) is 12.5. The first kappa shape index (κ1) is 33.8. The molecule has 0 fully saturated rings. The summed E-state index contributed by atoms with van der Waals surface area (Å²) in [6.07, 6.45) is 14.9. The molecule has 0 radical (unpaired) electrons. The Morgan fingerprint density at radius 1 is 0.660 bits per heavy atom. The van der Waals surface area contributed by atoms with Crippen molar-refractivity contribution < 1.29 is 28.5 Å². The largest absolute Gasteiger partial charge is 0.507 e. The van der Waals surface area contributed by atoms with Crippen LogP contribution < -0.4 is 14.2 Å². The van der Waals surface area contributed by atoms with E-state index in [1.165, 1.54) is 63.9 Å². The molecule has 5 rings (SSSR count). The van der Waals surface area contributed by atoms with E-state index in [-0.39, 0.29) is 17.4 Å². The number of unbranched alkanes of at least 4 members (excludes halogenated alkanes) is 10. The topological polar surface area (TPSA) is 91.0 Å². The van der Waals surface area contributed by atoms with Gasteiger partial charge in [0, 0.05) is 12.1 Å². The van der Waals surface area contributed by atoms with E-state index in [1.807, 2.05) is 42.5 Å². The SMILES string of the molecule is CCCCCCCCCCCCOc1ccc2nc(-c3ccc(OC(=O)c4ccc5cc(OCCCC)ccc5c4)cc3O)oc2c1. The number of phenols is 1. The number of ether oxygens (including phenoxy) is 3. The van der Waals surface area contributed by atoms with Crippen LogP contribution in [0.5, 0.6) is 23.0 Å². The van der Waals surface area contributed by atoms with E-state index in [0.29, 0.717) is 35.4 Å². The average molecular weight is 638 g/mol. The first-order valence-electron chi connectivity index (χ1n) is 17.3. The van der Waals surface area contributed by atoms with Crippen LogP contribution in [0.1, 0.15) is 101 Å². The molecule has 248 valence electrons. The Balaban J connectivity index is 1.12. The van der Waals surface area contributed by atoms with Crippen molar-refractivity contribution in [1.82, 2.24) is 4.98 Å². The summed E-state index contributed by atoms with van der Waals surface area (Å²) in [7, 11) is 0. The number of rotatable bonds is 19. The third kappa shape index (κ3) is 9.74. The number of aromatic hydroxyl groups is 1. The molecule has 0 bridgehead atoms. The first-order chi connectivity index (χ1) is 23.0. The zero-order valence-corrected chi connectivity index (χ0v) is 27.8. The van der Waals surface area contributed by atoms with Gasteiger partial charge in [-0.25, -0.2) is 9.78 Å². The van der Waals surface area contributed by atoms with Gasteiger partial charge in [-0.2, -0.15) is 0 Å². The minimum Gasteiger partial charge on any atom is -0.507 e. The summed E-state index contributed by atoms with van der Waals surface area (Å²) in [4.78, 5) is 17.5. The van der Waals surface area contributed by atoms with Crippen LogP contribution in [-0.2, 0) is 0 Å². The van der Waals surface area contributed by atoms with Crippen molar-refractivity contribution in [3.05, 3.63) is 78.4 Å². The fourth-order valence-electron chi connectivity index (χ4n) is 5.59. The molecule has 0 spiro atoms. The number of phenolic OH excluding ortho intramolecular Hbond substituents is 1. The minimum absolute atomic E-state index is 0.103. The number of carbonyl (C=O) groups excluding carboxylic acids is 1. The standard InChI is InChI=1S/C40H47NO6/c1-3-5-7-8-9-10-11-12-13-14-24-45-33-20-22-36-38(28-33)47-39(41-36)35-21-19-34(27-37(35)42)46-40(43)31-16-15-30-26-32(44-23-6-4-2)18-17-29(30)25-31/h15-22,25-28,42H,3-14,23-24H2,1-2H3. The van der Waals surface area contributed by atoms with Gasteiger partial charge < -0.3 is 23.7 Å². The van der Waals surface area contributed by atoms with Crippen LogP contribution in [0.3, 0.4) is 0 Å². The molecule has 0 saturated carbocycles. The maximum absolute atomic E-state index is 12.9. The minimum atomic E-state index is -0.519. The number of fused-ring (bicyclic) bond motifs is 2. The van der Waals surface area contributed by atoms with E-state index >= 15 is 0 Å². The molecule has 1 N–H and O–H groups in total. The van der Waals surface area contributed by atoms with Gasteiger partial charge in [0.1, 0.15) is 28.5 Å². The summed E-state index contributed by atoms with van der Waals surface area (Å²) in [5, 5.41) is 12.7.